The van der Waals surface area contributed by atoms with E-state index >= 15 is 0 Å². The molecule has 21 heavy (non-hydrogen) atoms. The summed E-state index contributed by atoms with van der Waals surface area (Å²) in [5.41, 5.74) is -1.49. The number of hydrogen-bond donors (Lipinski definition) is 0. The third-order valence-corrected chi connectivity index (χ3v) is 2.33. The standard InChI is InChI=1S/C5H8N4O8S4/c10-6(18)14-1-5(2-15-7(11)19,3-16-8(12)20)4-17-9(13)21/h1-4H2. The average molecular weight is 380 g/mol. The Bertz CT molecular complexity index is 344. The van der Waals surface area contributed by atoms with E-state index in [2.05, 4.69) is 70.6 Å². The normalized spacial score (nSPS) is 10.3. The summed E-state index contributed by atoms with van der Waals surface area (Å²) in [5.74, 6) is 0. The molecular formula is C5H8N4O8S4. The number of nitrogens with zero attached hydrogens (tertiary/aromatic N) is 4. The summed E-state index contributed by atoms with van der Waals surface area (Å²) in [6, 6.07) is 0. The highest BCUT2D eigenvalue weighted by Gasteiger charge is 2.42. The van der Waals surface area contributed by atoms with E-state index in [1.54, 1.807) is 0 Å². The summed E-state index contributed by atoms with van der Waals surface area (Å²) >= 11 is 16.4. The molecule has 0 aromatic carbocycles. The lowest BCUT2D eigenvalue weighted by Crippen LogP contribution is -2.43. The van der Waals surface area contributed by atoms with Gasteiger partial charge in [0.05, 0.1) is 19.6 Å². The first-order valence-electron chi connectivity index (χ1n) is 4.76. The second-order valence-corrected chi connectivity index (χ2v) is 4.68. The van der Waals surface area contributed by atoms with Crippen LogP contribution in [-0.4, -0.2) is 43.7 Å². The zero-order valence-corrected chi connectivity index (χ0v) is 13.3. The zero-order chi connectivity index (χ0) is 16.5. The second-order valence-electron chi connectivity index (χ2n) is 3.49. The Labute approximate surface area is 139 Å². The SMILES string of the molecule is O=[N+]([S-])OCC(CO[N+](=O)[S-])(CO[N+](=O)[S-])CO[N+](=O)[S-]. The van der Waals surface area contributed by atoms with Crippen molar-refractivity contribution < 1.29 is 36.7 Å². The molecule has 12 nitrogen and oxygen atoms in total. The van der Waals surface area contributed by atoms with Gasteiger partial charge in [-0.1, -0.05) is 0 Å². The van der Waals surface area contributed by atoms with Crippen LogP contribution in [0.15, 0.2) is 0 Å². The zero-order valence-electron chi connectivity index (χ0n) is 10.0. The van der Waals surface area contributed by atoms with Crippen molar-refractivity contribution in [1.29, 1.82) is 0 Å². The maximum atomic E-state index is 10.6. The molecular weight excluding hydrogens is 372 g/mol. The van der Waals surface area contributed by atoms with E-state index in [1.165, 1.54) is 0 Å². The van der Waals surface area contributed by atoms with Gasteiger partial charge in [0.2, 0.25) is 0 Å². The van der Waals surface area contributed by atoms with Crippen molar-refractivity contribution in [3.05, 3.63) is 19.6 Å². The molecule has 0 aliphatic carbocycles. The summed E-state index contributed by atoms with van der Waals surface area (Å²) in [7, 11) is 0. The van der Waals surface area contributed by atoms with Gasteiger partial charge in [-0.3, -0.25) is 0 Å². The van der Waals surface area contributed by atoms with Gasteiger partial charge in [0, 0.05) is 0 Å². The maximum absolute atomic E-state index is 10.6. The van der Waals surface area contributed by atoms with E-state index in [1.807, 2.05) is 0 Å². The molecule has 16 heteroatoms. The van der Waals surface area contributed by atoms with Gasteiger partial charge in [-0.05, 0) is 0 Å². The molecule has 0 N–H and O–H groups in total. The van der Waals surface area contributed by atoms with E-state index in [0.717, 1.165) is 0 Å². The molecule has 0 aliphatic rings. The molecule has 0 spiro atoms. The lowest BCUT2D eigenvalue weighted by Gasteiger charge is -2.23. The van der Waals surface area contributed by atoms with Crippen LogP contribution in [0.5, 0.6) is 0 Å². The molecule has 120 valence electrons. The number of rotatable bonds is 12. The smallest absolute Gasteiger partial charge is 0.180 e. The summed E-state index contributed by atoms with van der Waals surface area (Å²) in [4.78, 5) is 60.4. The number of hydrogen-bond acceptors (Lipinski definition) is 12. The van der Waals surface area contributed by atoms with E-state index in [0.29, 0.717) is 0 Å². The van der Waals surface area contributed by atoms with Crippen molar-refractivity contribution in [2.45, 2.75) is 0 Å². The molecule has 0 amide bonds. The minimum absolute atomic E-state index is 0.317. The van der Waals surface area contributed by atoms with Crippen LogP contribution in [0, 0.1) is 25.0 Å². The summed E-state index contributed by atoms with van der Waals surface area (Å²) in [5, 5.41) is 0. The van der Waals surface area contributed by atoms with Crippen molar-refractivity contribution in [2.75, 3.05) is 26.4 Å². The lowest BCUT2D eigenvalue weighted by molar-refractivity contribution is -0.723. The van der Waals surface area contributed by atoms with Crippen molar-refractivity contribution in [3.63, 3.8) is 0 Å². The topological polar surface area (TPSA) is 117 Å². The lowest BCUT2D eigenvalue weighted by atomic mass is 9.92. The molecule has 0 saturated carbocycles. The summed E-state index contributed by atoms with van der Waals surface area (Å²) < 4.78 is -1.27. The minimum Gasteiger partial charge on any atom is -0.306 e. The van der Waals surface area contributed by atoms with Crippen molar-refractivity contribution in [1.82, 2.24) is 0 Å². The van der Waals surface area contributed by atoms with Crippen LogP contribution in [0.2, 0.25) is 0 Å². The summed E-state index contributed by atoms with van der Waals surface area (Å²) in [6.07, 6.45) is 0. The van der Waals surface area contributed by atoms with Crippen molar-refractivity contribution in [2.24, 2.45) is 5.41 Å². The fourth-order valence-electron chi connectivity index (χ4n) is 1.01. The van der Waals surface area contributed by atoms with Crippen LogP contribution >= 0.6 is 0 Å². The third-order valence-electron chi connectivity index (χ3n) is 1.90. The van der Waals surface area contributed by atoms with Gasteiger partial charge in [-0.2, -0.15) is 0 Å². The molecule has 0 fully saturated rings. The van der Waals surface area contributed by atoms with Gasteiger partial charge in [0.25, 0.3) is 0 Å². The Morgan fingerprint density at radius 2 is 0.762 bits per heavy atom. The van der Waals surface area contributed by atoms with Gasteiger partial charge in [0.1, 0.15) is 22.7 Å². The van der Waals surface area contributed by atoms with Crippen LogP contribution in [0.3, 0.4) is 0 Å². The van der Waals surface area contributed by atoms with Gasteiger partial charge >= 0.3 is 0 Å². The van der Waals surface area contributed by atoms with Crippen LogP contribution < -0.4 is 0 Å². The third kappa shape index (κ3) is 9.93. The van der Waals surface area contributed by atoms with Crippen molar-refractivity contribution >= 4 is 51.3 Å². The highest BCUT2D eigenvalue weighted by molar-refractivity contribution is 7.51. The van der Waals surface area contributed by atoms with Gasteiger partial charge < -0.3 is 51.3 Å². The van der Waals surface area contributed by atoms with E-state index in [-0.39, 0.29) is 17.3 Å². The Morgan fingerprint density at radius 1 is 0.571 bits per heavy atom. The van der Waals surface area contributed by atoms with Crippen LogP contribution in [0.1, 0.15) is 0 Å². The maximum Gasteiger partial charge on any atom is 0.180 e. The summed E-state index contributed by atoms with van der Waals surface area (Å²) in [6.45, 7) is -2.18. The van der Waals surface area contributed by atoms with Crippen LogP contribution in [0.4, 0.5) is 0 Å². The molecule has 0 aromatic rings. The first-order valence-corrected chi connectivity index (χ1v) is 6.22. The van der Waals surface area contributed by atoms with Gasteiger partial charge in [-0.15, -0.1) is 0 Å². The van der Waals surface area contributed by atoms with Gasteiger partial charge in [0.15, 0.2) is 26.4 Å². The van der Waals surface area contributed by atoms with E-state index in [9.17, 15) is 19.6 Å². The monoisotopic (exact) mass is 380 g/mol. The van der Waals surface area contributed by atoms with E-state index in [4.69, 9.17) is 0 Å². The fraction of sp³-hybridized carbons (Fsp3) is 1.00. The first kappa shape index (κ1) is 19.5. The Balaban J connectivity index is 5.02. The average Bonchev–Trinajstić information content (AvgIpc) is 2.36. The molecule has 0 unspecified atom stereocenters. The van der Waals surface area contributed by atoms with Crippen LogP contribution in [0.25, 0.3) is 0 Å². The molecule has 0 radical (unpaired) electrons. The highest BCUT2D eigenvalue weighted by Crippen LogP contribution is 2.21. The highest BCUT2D eigenvalue weighted by atomic mass is 32.1. The Hall–Kier alpha value is -1.52. The molecule has 0 rings (SSSR count). The van der Waals surface area contributed by atoms with Crippen LogP contribution in [-0.2, 0) is 70.6 Å². The van der Waals surface area contributed by atoms with E-state index < -0.39 is 31.8 Å². The van der Waals surface area contributed by atoms with Gasteiger partial charge in [-0.25, -0.2) is 19.4 Å². The predicted octanol–water partition coefficient (Wildman–Crippen LogP) is -1.34. The Morgan fingerprint density at radius 3 is 0.905 bits per heavy atom. The molecule has 0 atom stereocenters. The molecule has 0 aromatic heterocycles. The molecule has 0 saturated heterocycles. The quantitative estimate of drug-likeness (QED) is 0.295. The Kier molecular flexibility index (Phi) is 8.74. The second kappa shape index (κ2) is 9.42. The fourth-order valence-corrected chi connectivity index (χ4v) is 1.22. The van der Waals surface area contributed by atoms with Crippen molar-refractivity contribution in [3.8, 4) is 0 Å². The predicted molar refractivity (Wildman–Crippen MR) is 70.2 cm³/mol. The largest absolute Gasteiger partial charge is 0.306 e. The first-order chi connectivity index (χ1) is 9.67. The molecule has 0 bridgehead atoms. The molecule has 0 aliphatic heterocycles. The molecule has 0 heterocycles. The minimum atomic E-state index is -1.49.